The molecule has 1 atom stereocenters. The molecule has 1 amide bonds. The second kappa shape index (κ2) is 8.55. The lowest BCUT2D eigenvalue weighted by Gasteiger charge is -2.15. The number of carbonyl (C=O) groups is 1. The predicted octanol–water partition coefficient (Wildman–Crippen LogP) is 3.85. The lowest BCUT2D eigenvalue weighted by Crippen LogP contribution is -2.32. The number of pyridine rings is 1. The number of amides is 1. The van der Waals surface area contributed by atoms with E-state index in [4.69, 9.17) is 0 Å². The quantitative estimate of drug-likeness (QED) is 0.517. The van der Waals surface area contributed by atoms with Gasteiger partial charge >= 0.3 is 0 Å². The minimum absolute atomic E-state index is 0.0174. The first-order valence-corrected chi connectivity index (χ1v) is 10.2. The molecule has 158 valence electrons. The van der Waals surface area contributed by atoms with Gasteiger partial charge in [-0.2, -0.15) is 9.78 Å². The first kappa shape index (κ1) is 20.5. The van der Waals surface area contributed by atoms with E-state index in [1.807, 2.05) is 32.0 Å². The summed E-state index contributed by atoms with van der Waals surface area (Å²) in [5.41, 5.74) is 2.20. The minimum atomic E-state index is -0.316. The number of nitrogens with zero attached hydrogens (tertiary/aromatic N) is 3. The number of aromatic nitrogens is 3. The Hall–Kier alpha value is -3.74. The fraction of sp³-hybridized carbons (Fsp3) is 0.208. The molecule has 31 heavy (non-hydrogen) atoms. The summed E-state index contributed by atoms with van der Waals surface area (Å²) in [4.78, 5) is 26.1. The average molecular weight is 418 g/mol. The lowest BCUT2D eigenvalue weighted by molar-refractivity contribution is 0.0939. The van der Waals surface area contributed by atoms with Gasteiger partial charge in [-0.15, -0.1) is 0 Å². The van der Waals surface area contributed by atoms with Crippen LogP contribution >= 0.6 is 0 Å². The van der Waals surface area contributed by atoms with Crippen molar-refractivity contribution in [3.8, 4) is 16.9 Å². The Kier molecular flexibility index (Phi) is 5.66. The van der Waals surface area contributed by atoms with Crippen molar-refractivity contribution in [1.29, 1.82) is 0 Å². The van der Waals surface area contributed by atoms with Gasteiger partial charge in [0.1, 0.15) is 11.5 Å². The molecular formula is C24H23FN4O2. The van der Waals surface area contributed by atoms with Crippen molar-refractivity contribution >= 4 is 5.91 Å². The molecule has 0 aromatic heterocycles. The summed E-state index contributed by atoms with van der Waals surface area (Å²) in [6.45, 7) is 4.29. The number of rotatable bonds is 6. The van der Waals surface area contributed by atoms with E-state index < -0.39 is 0 Å². The Morgan fingerprint density at radius 3 is 2.48 bits per heavy atom. The van der Waals surface area contributed by atoms with Crippen molar-refractivity contribution in [2.45, 2.75) is 32.9 Å². The molecular weight excluding hydrogens is 395 g/mol. The lowest BCUT2D eigenvalue weighted by atomic mass is 10.1. The Bertz CT molecular complexity index is 1230. The third kappa shape index (κ3) is 4.26. The summed E-state index contributed by atoms with van der Waals surface area (Å²) in [6, 6.07) is 15.2. The summed E-state index contributed by atoms with van der Waals surface area (Å²) in [5.74, 6) is -0.602. The fourth-order valence-corrected chi connectivity index (χ4v) is 3.37. The number of hydrogen-bond donors (Lipinski definition) is 1. The highest BCUT2D eigenvalue weighted by Gasteiger charge is 2.25. The molecule has 2 aromatic rings. The van der Waals surface area contributed by atoms with Crippen LogP contribution in [0.4, 0.5) is 4.39 Å². The zero-order chi connectivity index (χ0) is 22.0. The van der Waals surface area contributed by atoms with Crippen LogP contribution in [0.25, 0.3) is 16.9 Å². The first-order valence-electron chi connectivity index (χ1n) is 10.2. The van der Waals surface area contributed by atoms with Gasteiger partial charge in [0.25, 0.3) is 11.5 Å². The second-order valence-electron chi connectivity index (χ2n) is 7.57. The first-order chi connectivity index (χ1) is 15.0. The molecule has 6 nitrogen and oxygen atoms in total. The van der Waals surface area contributed by atoms with Crippen molar-refractivity contribution in [2.24, 2.45) is 0 Å². The molecule has 2 aliphatic rings. The van der Waals surface area contributed by atoms with Crippen molar-refractivity contribution in [1.82, 2.24) is 19.7 Å². The molecule has 7 heteroatoms. The van der Waals surface area contributed by atoms with Crippen LogP contribution < -0.4 is 10.9 Å². The summed E-state index contributed by atoms with van der Waals surface area (Å²) in [6.07, 6.45) is 4.15. The average Bonchev–Trinajstić information content (AvgIpc) is 3.11. The maximum Gasteiger partial charge on any atom is 0.282 e. The molecule has 0 saturated heterocycles. The molecule has 1 N–H and O–H groups in total. The molecule has 0 aliphatic carbocycles. The number of benzene rings is 2. The van der Waals surface area contributed by atoms with E-state index in [0.29, 0.717) is 29.1 Å². The summed E-state index contributed by atoms with van der Waals surface area (Å²) < 4.78 is 16.3. The number of para-hydroxylation sites is 1. The van der Waals surface area contributed by atoms with Gasteiger partial charge in [0.2, 0.25) is 0 Å². The van der Waals surface area contributed by atoms with E-state index in [9.17, 15) is 14.0 Å². The van der Waals surface area contributed by atoms with Crippen molar-refractivity contribution < 1.29 is 9.18 Å². The Morgan fingerprint density at radius 2 is 1.81 bits per heavy atom. The highest BCUT2D eigenvalue weighted by Crippen LogP contribution is 2.23. The molecule has 0 bridgehead atoms. The normalized spacial score (nSPS) is 12.1. The summed E-state index contributed by atoms with van der Waals surface area (Å²) in [5, 5.41) is 7.43. The third-order valence-corrected chi connectivity index (χ3v) is 5.24. The molecule has 2 aliphatic heterocycles. The smallest absolute Gasteiger partial charge is 0.282 e. The van der Waals surface area contributed by atoms with Crippen LogP contribution in [0.5, 0.6) is 0 Å². The molecule has 0 saturated carbocycles. The van der Waals surface area contributed by atoms with Crippen LogP contribution in [0, 0.1) is 5.82 Å². The highest BCUT2D eigenvalue weighted by molar-refractivity contribution is 6.00. The molecule has 0 unspecified atom stereocenters. The Balaban J connectivity index is 1.84. The van der Waals surface area contributed by atoms with Gasteiger partial charge in [0.15, 0.2) is 0 Å². The van der Waals surface area contributed by atoms with Crippen LogP contribution in [-0.2, 0) is 6.54 Å². The Labute approximate surface area is 179 Å². The SMILES string of the molecule is CC[C@@H](C)NC(=O)c1cn(Cc2ccc(F)cc2)cc2c(=O)n(-c3ccccc3)nc1-2. The minimum Gasteiger partial charge on any atom is -0.349 e. The molecule has 0 spiro atoms. The topological polar surface area (TPSA) is 68.9 Å². The maximum absolute atomic E-state index is 13.3. The largest absolute Gasteiger partial charge is 0.349 e. The number of nitrogens with one attached hydrogen (secondary N) is 1. The monoisotopic (exact) mass is 418 g/mol. The van der Waals surface area contributed by atoms with Crippen molar-refractivity contribution in [2.75, 3.05) is 0 Å². The van der Waals surface area contributed by atoms with E-state index in [2.05, 4.69) is 10.4 Å². The Morgan fingerprint density at radius 1 is 1.10 bits per heavy atom. The van der Waals surface area contributed by atoms with E-state index in [1.165, 1.54) is 16.8 Å². The van der Waals surface area contributed by atoms with Crippen LogP contribution in [0.15, 0.2) is 71.8 Å². The van der Waals surface area contributed by atoms with Gasteiger partial charge in [0, 0.05) is 25.0 Å². The van der Waals surface area contributed by atoms with E-state index in [1.54, 1.807) is 41.2 Å². The standard InChI is InChI=1S/C24H23FN4O2/c1-3-16(2)26-23(30)20-14-28(13-17-9-11-18(25)12-10-17)15-21-22(20)27-29(24(21)31)19-7-5-4-6-8-19/h4-12,14-16H,3,13H2,1-2H3,(H,26,30)/t16-/m1/s1. The number of fused-ring (bicyclic) bond motifs is 1. The van der Waals surface area contributed by atoms with Crippen LogP contribution in [0.3, 0.4) is 0 Å². The summed E-state index contributed by atoms with van der Waals surface area (Å²) >= 11 is 0. The molecule has 2 aromatic carbocycles. The van der Waals surface area contributed by atoms with Crippen LogP contribution in [-0.4, -0.2) is 26.3 Å². The van der Waals surface area contributed by atoms with Gasteiger partial charge in [0.05, 0.1) is 16.8 Å². The van der Waals surface area contributed by atoms with Gasteiger partial charge in [-0.05, 0) is 43.2 Å². The molecule has 0 fully saturated rings. The fourth-order valence-electron chi connectivity index (χ4n) is 3.37. The van der Waals surface area contributed by atoms with Gasteiger partial charge < -0.3 is 9.88 Å². The number of hydrogen-bond acceptors (Lipinski definition) is 3. The maximum atomic E-state index is 13.3. The van der Waals surface area contributed by atoms with Gasteiger partial charge in [-0.25, -0.2) is 4.39 Å². The predicted molar refractivity (Wildman–Crippen MR) is 117 cm³/mol. The van der Waals surface area contributed by atoms with E-state index in [0.717, 1.165) is 12.0 Å². The molecule has 2 heterocycles. The molecule has 4 rings (SSSR count). The number of halogens is 1. The van der Waals surface area contributed by atoms with Gasteiger partial charge in [-0.3, -0.25) is 9.59 Å². The zero-order valence-electron chi connectivity index (χ0n) is 17.4. The third-order valence-electron chi connectivity index (χ3n) is 5.24. The highest BCUT2D eigenvalue weighted by atomic mass is 19.1. The van der Waals surface area contributed by atoms with Crippen LogP contribution in [0.1, 0.15) is 36.2 Å². The van der Waals surface area contributed by atoms with Crippen LogP contribution in [0.2, 0.25) is 0 Å². The van der Waals surface area contributed by atoms with E-state index >= 15 is 0 Å². The van der Waals surface area contributed by atoms with Crippen molar-refractivity contribution in [3.63, 3.8) is 0 Å². The zero-order valence-corrected chi connectivity index (χ0v) is 17.4. The van der Waals surface area contributed by atoms with Crippen molar-refractivity contribution in [3.05, 3.63) is 94.3 Å². The molecule has 0 radical (unpaired) electrons. The van der Waals surface area contributed by atoms with Gasteiger partial charge in [-0.1, -0.05) is 37.3 Å². The van der Waals surface area contributed by atoms with E-state index in [-0.39, 0.29) is 23.3 Å². The summed E-state index contributed by atoms with van der Waals surface area (Å²) in [7, 11) is 0. The second-order valence-corrected chi connectivity index (χ2v) is 7.57. The number of carbonyl (C=O) groups excluding carboxylic acids is 1.